The van der Waals surface area contributed by atoms with Crippen LogP contribution in [0.4, 0.5) is 4.39 Å². The lowest BCUT2D eigenvalue weighted by Gasteiger charge is -2.10. The molecule has 2 nitrogen and oxygen atoms in total. The molecular weight excluding hydrogens is 361 g/mol. The van der Waals surface area contributed by atoms with Crippen LogP contribution >= 0.6 is 0 Å². The zero-order chi connectivity index (χ0) is 20.1. The summed E-state index contributed by atoms with van der Waals surface area (Å²) in [4.78, 5) is 0. The molecule has 29 heavy (non-hydrogen) atoms. The first kappa shape index (κ1) is 18.5. The number of nitrogens with zero attached hydrogens (tertiary/aromatic N) is 1. The Morgan fingerprint density at radius 1 is 0.862 bits per heavy atom. The number of para-hydroxylation sites is 1. The lowest BCUT2D eigenvalue weighted by atomic mass is 10.00. The molecule has 0 aromatic heterocycles. The molecule has 0 heterocycles. The fraction of sp³-hybridized carbons (Fsp3) is 0.0385. The van der Waals surface area contributed by atoms with Crippen LogP contribution in [0.15, 0.2) is 91.0 Å². The van der Waals surface area contributed by atoms with Gasteiger partial charge < -0.3 is 4.74 Å². The molecule has 0 fully saturated rings. The molecule has 140 valence electrons. The molecule has 0 radical (unpaired) electrons. The fourth-order valence-corrected chi connectivity index (χ4v) is 3.17. The molecule has 4 rings (SSSR count). The Hall–Kier alpha value is -3.90. The molecule has 0 spiro atoms. The van der Waals surface area contributed by atoms with E-state index < -0.39 is 0 Å². The summed E-state index contributed by atoms with van der Waals surface area (Å²) < 4.78 is 19.0. The molecule has 0 unspecified atom stereocenters. The van der Waals surface area contributed by atoms with Crippen molar-refractivity contribution in [3.8, 4) is 11.8 Å². The van der Waals surface area contributed by atoms with Crippen LogP contribution in [0.2, 0.25) is 0 Å². The summed E-state index contributed by atoms with van der Waals surface area (Å²) in [7, 11) is 0. The minimum Gasteiger partial charge on any atom is -0.488 e. The minimum atomic E-state index is -0.272. The van der Waals surface area contributed by atoms with Gasteiger partial charge in [0, 0.05) is 5.56 Å². The van der Waals surface area contributed by atoms with Gasteiger partial charge in [-0.2, -0.15) is 5.26 Å². The highest BCUT2D eigenvalue weighted by molar-refractivity contribution is 5.94. The second kappa shape index (κ2) is 8.41. The van der Waals surface area contributed by atoms with E-state index in [4.69, 9.17) is 4.74 Å². The third-order valence-corrected chi connectivity index (χ3v) is 4.71. The molecule has 0 aliphatic carbocycles. The van der Waals surface area contributed by atoms with Crippen LogP contribution in [0.5, 0.6) is 5.75 Å². The van der Waals surface area contributed by atoms with Crippen molar-refractivity contribution in [1.82, 2.24) is 0 Å². The van der Waals surface area contributed by atoms with Crippen LogP contribution in [-0.4, -0.2) is 0 Å². The van der Waals surface area contributed by atoms with Crippen molar-refractivity contribution >= 4 is 22.4 Å². The summed E-state index contributed by atoms with van der Waals surface area (Å²) in [6, 6.07) is 30.2. The van der Waals surface area contributed by atoms with E-state index in [1.165, 1.54) is 12.1 Å². The Morgan fingerprint density at radius 2 is 1.59 bits per heavy atom. The van der Waals surface area contributed by atoms with Gasteiger partial charge >= 0.3 is 0 Å². The SMILES string of the molecule is N#C/C(=C/c1ccccc1OCc1ccc(F)cc1)c1ccc2ccccc2c1. The lowest BCUT2D eigenvalue weighted by molar-refractivity contribution is 0.305. The molecule has 0 saturated carbocycles. The normalized spacial score (nSPS) is 11.2. The second-order valence-corrected chi connectivity index (χ2v) is 6.68. The van der Waals surface area contributed by atoms with E-state index in [9.17, 15) is 9.65 Å². The Labute approximate surface area is 169 Å². The van der Waals surface area contributed by atoms with Gasteiger partial charge in [-0.05, 0) is 52.2 Å². The maximum absolute atomic E-state index is 13.1. The second-order valence-electron chi connectivity index (χ2n) is 6.68. The highest BCUT2D eigenvalue weighted by Gasteiger charge is 2.07. The van der Waals surface area contributed by atoms with Crippen molar-refractivity contribution in [2.75, 3.05) is 0 Å². The fourth-order valence-electron chi connectivity index (χ4n) is 3.17. The van der Waals surface area contributed by atoms with Crippen molar-refractivity contribution in [3.05, 3.63) is 114 Å². The van der Waals surface area contributed by atoms with E-state index in [0.29, 0.717) is 17.9 Å². The Bertz CT molecular complexity index is 1220. The van der Waals surface area contributed by atoms with Crippen LogP contribution in [0.1, 0.15) is 16.7 Å². The number of benzene rings is 4. The van der Waals surface area contributed by atoms with Crippen LogP contribution < -0.4 is 4.74 Å². The van der Waals surface area contributed by atoms with Gasteiger partial charge in [0.2, 0.25) is 0 Å². The quantitative estimate of drug-likeness (QED) is 0.288. The molecular formula is C26H18FNO. The molecule has 0 aliphatic rings. The Morgan fingerprint density at radius 3 is 2.38 bits per heavy atom. The van der Waals surface area contributed by atoms with E-state index in [1.807, 2.05) is 72.8 Å². The monoisotopic (exact) mass is 379 g/mol. The maximum Gasteiger partial charge on any atom is 0.127 e. The number of ether oxygens (including phenoxy) is 1. The van der Waals surface area contributed by atoms with Gasteiger partial charge in [0.05, 0.1) is 11.6 Å². The van der Waals surface area contributed by atoms with Gasteiger partial charge in [0.15, 0.2) is 0 Å². The van der Waals surface area contributed by atoms with E-state index >= 15 is 0 Å². The Kier molecular flexibility index (Phi) is 5.36. The average molecular weight is 379 g/mol. The number of halogens is 1. The van der Waals surface area contributed by atoms with Crippen LogP contribution in [-0.2, 0) is 6.61 Å². The third kappa shape index (κ3) is 4.34. The van der Waals surface area contributed by atoms with Gasteiger partial charge in [0.25, 0.3) is 0 Å². The largest absolute Gasteiger partial charge is 0.488 e. The highest BCUT2D eigenvalue weighted by atomic mass is 19.1. The standard InChI is InChI=1S/C26H18FNO/c27-25-13-9-19(10-14-25)18-29-26-8-4-3-7-23(26)16-24(17-28)22-12-11-20-5-1-2-6-21(20)15-22/h1-16H,18H2/b24-16-. The third-order valence-electron chi connectivity index (χ3n) is 4.71. The summed E-state index contributed by atoms with van der Waals surface area (Å²) in [6.45, 7) is 0.322. The number of allylic oxidation sites excluding steroid dienone is 1. The summed E-state index contributed by atoms with van der Waals surface area (Å²) in [5, 5.41) is 12.0. The van der Waals surface area contributed by atoms with Crippen LogP contribution in [0, 0.1) is 17.1 Å². The number of hydrogen-bond acceptors (Lipinski definition) is 2. The first-order chi connectivity index (χ1) is 14.2. The van der Waals surface area contributed by atoms with Gasteiger partial charge in [0.1, 0.15) is 18.2 Å². The van der Waals surface area contributed by atoms with E-state index in [2.05, 4.69) is 6.07 Å². The van der Waals surface area contributed by atoms with Crippen molar-refractivity contribution < 1.29 is 9.13 Å². The maximum atomic E-state index is 13.1. The zero-order valence-electron chi connectivity index (χ0n) is 15.7. The number of rotatable bonds is 5. The average Bonchev–Trinajstić information content (AvgIpc) is 2.77. The first-order valence-corrected chi connectivity index (χ1v) is 9.30. The number of fused-ring (bicyclic) bond motifs is 1. The topological polar surface area (TPSA) is 33.0 Å². The lowest BCUT2D eigenvalue weighted by Crippen LogP contribution is -1.97. The predicted octanol–water partition coefficient (Wildman–Crippen LogP) is 6.62. The summed E-state index contributed by atoms with van der Waals surface area (Å²) in [6.07, 6.45) is 1.84. The van der Waals surface area contributed by atoms with Gasteiger partial charge in [-0.1, -0.05) is 66.7 Å². The van der Waals surface area contributed by atoms with Crippen molar-refractivity contribution in [1.29, 1.82) is 5.26 Å². The van der Waals surface area contributed by atoms with Crippen LogP contribution in [0.25, 0.3) is 22.4 Å². The molecule has 4 aromatic rings. The molecule has 0 amide bonds. The zero-order valence-corrected chi connectivity index (χ0v) is 15.7. The Balaban J connectivity index is 1.63. The van der Waals surface area contributed by atoms with Gasteiger partial charge in [-0.3, -0.25) is 0 Å². The predicted molar refractivity (Wildman–Crippen MR) is 115 cm³/mol. The van der Waals surface area contributed by atoms with Crippen molar-refractivity contribution in [2.45, 2.75) is 6.61 Å². The van der Waals surface area contributed by atoms with Gasteiger partial charge in [-0.25, -0.2) is 4.39 Å². The van der Waals surface area contributed by atoms with E-state index in [-0.39, 0.29) is 5.82 Å². The number of hydrogen-bond donors (Lipinski definition) is 0. The first-order valence-electron chi connectivity index (χ1n) is 9.30. The summed E-state index contributed by atoms with van der Waals surface area (Å²) in [5.74, 6) is 0.400. The molecule has 0 bridgehead atoms. The highest BCUT2D eigenvalue weighted by Crippen LogP contribution is 2.27. The number of nitriles is 1. The van der Waals surface area contributed by atoms with Crippen molar-refractivity contribution in [3.63, 3.8) is 0 Å². The molecule has 0 saturated heterocycles. The van der Waals surface area contributed by atoms with Crippen molar-refractivity contribution in [2.24, 2.45) is 0 Å². The van der Waals surface area contributed by atoms with Crippen LogP contribution in [0.3, 0.4) is 0 Å². The molecule has 0 aliphatic heterocycles. The molecule has 0 atom stereocenters. The van der Waals surface area contributed by atoms with E-state index in [0.717, 1.165) is 27.5 Å². The smallest absolute Gasteiger partial charge is 0.127 e. The summed E-state index contributed by atoms with van der Waals surface area (Å²) in [5.41, 5.74) is 3.12. The van der Waals surface area contributed by atoms with Gasteiger partial charge in [-0.15, -0.1) is 0 Å². The summed E-state index contributed by atoms with van der Waals surface area (Å²) >= 11 is 0. The molecule has 0 N–H and O–H groups in total. The molecule has 4 aromatic carbocycles. The van der Waals surface area contributed by atoms with E-state index in [1.54, 1.807) is 12.1 Å². The molecule has 3 heteroatoms. The minimum absolute atomic E-state index is 0.272.